The average Bonchev–Trinajstić information content (AvgIpc) is 3.37. The van der Waals surface area contributed by atoms with Gasteiger partial charge in [-0.25, -0.2) is 4.98 Å². The third kappa shape index (κ3) is 3.50. The lowest BCUT2D eigenvalue weighted by atomic mass is 10.0. The number of carbonyl (C=O) groups is 2. The molecule has 0 radical (unpaired) electrons. The zero-order valence-corrected chi connectivity index (χ0v) is 14.9. The Morgan fingerprint density at radius 3 is 2.64 bits per heavy atom. The molecule has 0 aliphatic heterocycles. The number of aromatic nitrogens is 3. The van der Waals surface area contributed by atoms with E-state index in [0.717, 1.165) is 16.6 Å². The van der Waals surface area contributed by atoms with Gasteiger partial charge in [0.25, 0.3) is 5.91 Å². The van der Waals surface area contributed by atoms with Crippen molar-refractivity contribution in [1.82, 2.24) is 14.5 Å². The highest BCUT2D eigenvalue weighted by Crippen LogP contribution is 2.28. The monoisotopic (exact) mass is 374 g/mol. The summed E-state index contributed by atoms with van der Waals surface area (Å²) in [5.41, 5.74) is 3.42. The number of hydrogen-bond acceptors (Lipinski definition) is 3. The van der Waals surface area contributed by atoms with Crippen molar-refractivity contribution in [1.29, 1.82) is 0 Å². The van der Waals surface area contributed by atoms with Gasteiger partial charge in [0, 0.05) is 11.9 Å². The Morgan fingerprint density at radius 1 is 1.11 bits per heavy atom. The predicted molar refractivity (Wildman–Crippen MR) is 105 cm³/mol. The van der Waals surface area contributed by atoms with Crippen LogP contribution in [0.3, 0.4) is 0 Å². The maximum Gasteiger partial charge on any atom is 0.305 e. The number of fused-ring (bicyclic) bond motifs is 1. The van der Waals surface area contributed by atoms with Crippen molar-refractivity contribution in [3.05, 3.63) is 84.4 Å². The van der Waals surface area contributed by atoms with Gasteiger partial charge < -0.3 is 20.0 Å². The van der Waals surface area contributed by atoms with Gasteiger partial charge in [0.15, 0.2) is 0 Å². The largest absolute Gasteiger partial charge is 0.481 e. The van der Waals surface area contributed by atoms with Crippen molar-refractivity contribution in [3.63, 3.8) is 0 Å². The van der Waals surface area contributed by atoms with E-state index in [4.69, 9.17) is 0 Å². The van der Waals surface area contributed by atoms with Crippen LogP contribution in [0.25, 0.3) is 11.0 Å². The van der Waals surface area contributed by atoms with E-state index in [2.05, 4.69) is 15.3 Å². The highest BCUT2D eigenvalue weighted by Gasteiger charge is 2.20. The van der Waals surface area contributed by atoms with Crippen molar-refractivity contribution in [3.8, 4) is 0 Å². The second-order valence-corrected chi connectivity index (χ2v) is 6.42. The molecule has 2 aromatic heterocycles. The van der Waals surface area contributed by atoms with Crippen molar-refractivity contribution in [2.24, 2.45) is 0 Å². The zero-order valence-electron chi connectivity index (χ0n) is 14.9. The molecule has 4 rings (SSSR count). The minimum atomic E-state index is -0.896. The van der Waals surface area contributed by atoms with E-state index in [0.29, 0.717) is 11.4 Å². The summed E-state index contributed by atoms with van der Waals surface area (Å²) >= 11 is 0. The molecular formula is C21H18N4O3. The maximum absolute atomic E-state index is 12.3. The molecule has 140 valence electrons. The van der Waals surface area contributed by atoms with Crippen LogP contribution >= 0.6 is 0 Å². The number of aliphatic carboxylic acids is 1. The summed E-state index contributed by atoms with van der Waals surface area (Å²) in [6.45, 7) is 0. The first kappa shape index (κ1) is 17.5. The van der Waals surface area contributed by atoms with Crippen molar-refractivity contribution in [2.75, 3.05) is 5.32 Å². The molecule has 0 fully saturated rings. The number of aromatic amines is 1. The molecule has 2 heterocycles. The molecule has 0 aliphatic carbocycles. The van der Waals surface area contributed by atoms with E-state index in [1.165, 1.54) is 0 Å². The molecule has 0 aliphatic rings. The molecule has 1 amide bonds. The fourth-order valence-corrected chi connectivity index (χ4v) is 3.24. The Kier molecular flexibility index (Phi) is 4.63. The fraction of sp³-hybridized carbons (Fsp3) is 0.0952. The van der Waals surface area contributed by atoms with Gasteiger partial charge in [0.2, 0.25) is 0 Å². The first-order valence-corrected chi connectivity index (χ1v) is 8.80. The lowest BCUT2D eigenvalue weighted by Gasteiger charge is -2.18. The van der Waals surface area contributed by atoms with Crippen molar-refractivity contribution < 1.29 is 14.7 Å². The van der Waals surface area contributed by atoms with E-state index in [-0.39, 0.29) is 12.3 Å². The quantitative estimate of drug-likeness (QED) is 0.479. The van der Waals surface area contributed by atoms with Gasteiger partial charge in [-0.3, -0.25) is 9.59 Å². The number of amides is 1. The van der Waals surface area contributed by atoms with E-state index >= 15 is 0 Å². The van der Waals surface area contributed by atoms with Crippen LogP contribution < -0.4 is 5.32 Å². The van der Waals surface area contributed by atoms with Crippen molar-refractivity contribution in [2.45, 2.75) is 12.5 Å². The molecule has 28 heavy (non-hydrogen) atoms. The molecular weight excluding hydrogens is 356 g/mol. The summed E-state index contributed by atoms with van der Waals surface area (Å²) in [7, 11) is 0. The highest BCUT2D eigenvalue weighted by molar-refractivity contribution is 6.03. The lowest BCUT2D eigenvalue weighted by Crippen LogP contribution is -2.15. The molecule has 7 nitrogen and oxygen atoms in total. The van der Waals surface area contributed by atoms with Crippen LogP contribution in [-0.2, 0) is 4.79 Å². The van der Waals surface area contributed by atoms with Crippen LogP contribution in [0.4, 0.5) is 5.69 Å². The third-order valence-corrected chi connectivity index (χ3v) is 4.56. The van der Waals surface area contributed by atoms with Crippen LogP contribution in [0.5, 0.6) is 0 Å². The first-order valence-electron chi connectivity index (χ1n) is 8.80. The Morgan fingerprint density at radius 2 is 1.93 bits per heavy atom. The number of carbonyl (C=O) groups excluding carboxylic acids is 1. The molecule has 0 bridgehead atoms. The molecule has 7 heteroatoms. The molecule has 2 aromatic carbocycles. The van der Waals surface area contributed by atoms with Crippen LogP contribution in [-0.4, -0.2) is 31.5 Å². The van der Waals surface area contributed by atoms with Gasteiger partial charge in [-0.2, -0.15) is 0 Å². The number of nitrogens with zero attached hydrogens (tertiary/aromatic N) is 2. The van der Waals surface area contributed by atoms with Crippen LogP contribution in [0.15, 0.2) is 73.2 Å². The topological polar surface area (TPSA) is 100 Å². The van der Waals surface area contributed by atoms with Crippen LogP contribution in [0, 0.1) is 0 Å². The van der Waals surface area contributed by atoms with E-state index < -0.39 is 12.0 Å². The summed E-state index contributed by atoms with van der Waals surface area (Å²) in [6, 6.07) is 17.9. The number of anilines is 1. The normalized spacial score (nSPS) is 12.0. The fourth-order valence-electron chi connectivity index (χ4n) is 3.24. The minimum absolute atomic E-state index is 0.0749. The Labute approximate surface area is 160 Å². The SMILES string of the molecule is O=C(O)CC(c1ccccc1)n1cnc2ccc(NC(=O)c3ccc[nH]3)cc21. The second-order valence-electron chi connectivity index (χ2n) is 6.42. The minimum Gasteiger partial charge on any atom is -0.481 e. The average molecular weight is 374 g/mol. The van der Waals surface area contributed by atoms with E-state index in [1.807, 2.05) is 34.9 Å². The molecule has 1 atom stereocenters. The number of benzene rings is 2. The number of carboxylic acids is 1. The number of H-pyrrole nitrogens is 1. The standard InChI is InChI=1S/C21H18N4O3/c26-20(27)12-18(14-5-2-1-3-6-14)25-13-23-16-9-8-15(11-19(16)25)24-21(28)17-7-4-10-22-17/h1-11,13,18,22H,12H2,(H,24,28)(H,26,27). The van der Waals surface area contributed by atoms with E-state index in [9.17, 15) is 14.7 Å². The van der Waals surface area contributed by atoms with Gasteiger partial charge in [0.1, 0.15) is 5.69 Å². The van der Waals surface area contributed by atoms with Gasteiger partial charge in [-0.1, -0.05) is 30.3 Å². The second kappa shape index (κ2) is 7.40. The molecule has 0 saturated heterocycles. The van der Waals surface area contributed by atoms with Gasteiger partial charge in [-0.05, 0) is 35.9 Å². The van der Waals surface area contributed by atoms with Gasteiger partial charge in [0.05, 0.1) is 29.8 Å². The van der Waals surface area contributed by atoms with Gasteiger partial charge >= 0.3 is 5.97 Å². The Bertz CT molecular complexity index is 1120. The Hall–Kier alpha value is -3.87. The highest BCUT2D eigenvalue weighted by atomic mass is 16.4. The number of hydrogen-bond donors (Lipinski definition) is 3. The summed E-state index contributed by atoms with van der Waals surface area (Å²) in [5, 5.41) is 12.2. The number of carboxylic acid groups (broad SMARTS) is 1. The third-order valence-electron chi connectivity index (χ3n) is 4.56. The summed E-state index contributed by atoms with van der Waals surface area (Å²) < 4.78 is 1.84. The Balaban J connectivity index is 1.72. The lowest BCUT2D eigenvalue weighted by molar-refractivity contribution is -0.137. The maximum atomic E-state index is 12.3. The molecule has 4 aromatic rings. The molecule has 0 saturated carbocycles. The predicted octanol–water partition coefficient (Wildman–Crippen LogP) is 3.68. The van der Waals surface area contributed by atoms with Crippen LogP contribution in [0.1, 0.15) is 28.5 Å². The first-order chi connectivity index (χ1) is 13.6. The summed E-state index contributed by atoms with van der Waals surface area (Å²) in [4.78, 5) is 31.0. The van der Waals surface area contributed by atoms with Crippen molar-refractivity contribution >= 4 is 28.6 Å². The summed E-state index contributed by atoms with van der Waals surface area (Å²) in [6.07, 6.45) is 3.25. The smallest absolute Gasteiger partial charge is 0.305 e. The van der Waals surface area contributed by atoms with E-state index in [1.54, 1.807) is 42.9 Å². The molecule has 1 unspecified atom stereocenters. The number of imidazole rings is 1. The molecule has 3 N–H and O–H groups in total. The molecule has 0 spiro atoms. The number of nitrogens with one attached hydrogen (secondary N) is 2. The van der Waals surface area contributed by atoms with Crippen LogP contribution in [0.2, 0.25) is 0 Å². The zero-order chi connectivity index (χ0) is 19.5. The summed E-state index contributed by atoms with van der Waals surface area (Å²) in [5.74, 6) is -1.15. The van der Waals surface area contributed by atoms with Gasteiger partial charge in [-0.15, -0.1) is 0 Å². The number of rotatable bonds is 6.